The van der Waals surface area contributed by atoms with Gasteiger partial charge < -0.3 is 29.8 Å². The third-order valence-electron chi connectivity index (χ3n) is 6.33. The highest BCUT2D eigenvalue weighted by atomic mass is 16.5. The fourth-order valence-electron chi connectivity index (χ4n) is 4.69. The fourth-order valence-corrected chi connectivity index (χ4v) is 4.69. The van der Waals surface area contributed by atoms with Gasteiger partial charge in [0, 0.05) is 36.4 Å². The van der Waals surface area contributed by atoms with Crippen LogP contribution in [0.15, 0.2) is 47.4 Å². The predicted molar refractivity (Wildman–Crippen MR) is 155 cm³/mol. The normalized spacial score (nSPS) is 11.2. The van der Waals surface area contributed by atoms with Gasteiger partial charge in [-0.15, -0.1) is 0 Å². The van der Waals surface area contributed by atoms with Gasteiger partial charge in [0.1, 0.15) is 22.7 Å². The second-order valence-corrected chi connectivity index (χ2v) is 10.2. The van der Waals surface area contributed by atoms with E-state index in [0.29, 0.717) is 41.2 Å². The molecule has 9 heteroatoms. The summed E-state index contributed by atoms with van der Waals surface area (Å²) in [7, 11) is 5.39. The number of ether oxygens (including phenoxy) is 1. The summed E-state index contributed by atoms with van der Waals surface area (Å²) in [6.07, 6.45) is 1.78. The quantitative estimate of drug-likeness (QED) is 0.311. The lowest BCUT2D eigenvalue weighted by molar-refractivity contribution is -0.116. The number of hydrogen-bond donors (Lipinski definition) is 3. The zero-order valence-electron chi connectivity index (χ0n) is 23.5. The van der Waals surface area contributed by atoms with Crippen molar-refractivity contribution in [1.82, 2.24) is 19.8 Å². The highest BCUT2D eigenvalue weighted by molar-refractivity contribution is 6.02. The van der Waals surface area contributed by atoms with E-state index < -0.39 is 0 Å². The Morgan fingerprint density at radius 1 is 1.03 bits per heavy atom. The maximum Gasteiger partial charge on any atom is 0.274 e. The zero-order valence-corrected chi connectivity index (χ0v) is 23.5. The van der Waals surface area contributed by atoms with E-state index in [9.17, 15) is 14.4 Å². The largest absolute Gasteiger partial charge is 0.457 e. The van der Waals surface area contributed by atoms with E-state index in [1.807, 2.05) is 77.0 Å². The highest BCUT2D eigenvalue weighted by Crippen LogP contribution is 2.36. The first-order valence-electron chi connectivity index (χ1n) is 12.8. The molecule has 0 fully saturated rings. The standard InChI is InChI=1S/C30H35N5O4/c1-8-31-29(37)25-14-23-24(15-35(7)30(38)27(23)33-25)20-9-17(2)10-22(13-20)39-28-18(3)11-21(12-19(28)4)32-26(36)16-34(5)6/h9-15,33H,8,16H2,1-7H3,(H,31,37)(H,32,36). The van der Waals surface area contributed by atoms with E-state index in [2.05, 4.69) is 15.6 Å². The van der Waals surface area contributed by atoms with Crippen molar-refractivity contribution in [3.05, 3.63) is 75.3 Å². The van der Waals surface area contributed by atoms with Crippen LogP contribution in [0.1, 0.15) is 34.1 Å². The Morgan fingerprint density at radius 2 is 1.72 bits per heavy atom. The topological polar surface area (TPSA) is 108 Å². The zero-order chi connectivity index (χ0) is 28.4. The molecular weight excluding hydrogens is 494 g/mol. The van der Waals surface area contributed by atoms with Crippen LogP contribution in [0.5, 0.6) is 11.5 Å². The summed E-state index contributed by atoms with van der Waals surface area (Å²) in [5.74, 6) is 1.01. The number of nitrogens with zero attached hydrogens (tertiary/aromatic N) is 2. The first-order valence-corrected chi connectivity index (χ1v) is 12.8. The van der Waals surface area contributed by atoms with Crippen molar-refractivity contribution in [1.29, 1.82) is 0 Å². The van der Waals surface area contributed by atoms with Crippen molar-refractivity contribution < 1.29 is 14.3 Å². The molecule has 4 aromatic rings. The van der Waals surface area contributed by atoms with Crippen LogP contribution in [-0.4, -0.2) is 53.5 Å². The van der Waals surface area contributed by atoms with Gasteiger partial charge in [-0.05, 0) is 94.4 Å². The summed E-state index contributed by atoms with van der Waals surface area (Å²) in [5, 5.41) is 6.37. The lowest BCUT2D eigenvalue weighted by Crippen LogP contribution is -2.27. The van der Waals surface area contributed by atoms with Crippen LogP contribution in [-0.2, 0) is 11.8 Å². The number of rotatable bonds is 8. The van der Waals surface area contributed by atoms with E-state index in [4.69, 9.17) is 4.74 Å². The average molecular weight is 530 g/mol. The molecule has 204 valence electrons. The van der Waals surface area contributed by atoms with Gasteiger partial charge in [0.25, 0.3) is 11.5 Å². The van der Waals surface area contributed by atoms with Gasteiger partial charge in [0.2, 0.25) is 5.91 Å². The molecule has 0 atom stereocenters. The van der Waals surface area contributed by atoms with E-state index in [0.717, 1.165) is 33.5 Å². The number of amides is 2. The molecule has 2 aromatic carbocycles. The van der Waals surface area contributed by atoms with E-state index >= 15 is 0 Å². The Balaban J connectivity index is 1.72. The molecule has 39 heavy (non-hydrogen) atoms. The summed E-state index contributed by atoms with van der Waals surface area (Å²) < 4.78 is 7.90. The number of anilines is 1. The first kappa shape index (κ1) is 27.7. The Bertz CT molecular complexity index is 1610. The summed E-state index contributed by atoms with van der Waals surface area (Å²) in [6.45, 7) is 8.50. The molecule has 0 radical (unpaired) electrons. The fraction of sp³-hybridized carbons (Fsp3) is 0.300. The lowest BCUT2D eigenvalue weighted by Gasteiger charge is -2.17. The molecule has 0 aliphatic heterocycles. The van der Waals surface area contributed by atoms with Crippen molar-refractivity contribution in [3.63, 3.8) is 0 Å². The van der Waals surface area contributed by atoms with Crippen molar-refractivity contribution in [2.45, 2.75) is 27.7 Å². The number of hydrogen-bond acceptors (Lipinski definition) is 5. The van der Waals surface area contributed by atoms with Crippen LogP contribution >= 0.6 is 0 Å². The minimum atomic E-state index is -0.262. The van der Waals surface area contributed by atoms with Crippen molar-refractivity contribution in [2.24, 2.45) is 7.05 Å². The molecule has 0 aliphatic rings. The Kier molecular flexibility index (Phi) is 7.92. The maximum absolute atomic E-state index is 12.8. The lowest BCUT2D eigenvalue weighted by atomic mass is 10.0. The Hall–Kier alpha value is -4.37. The number of H-pyrrole nitrogens is 1. The number of aryl methyl sites for hydroxylation is 4. The summed E-state index contributed by atoms with van der Waals surface area (Å²) in [5.41, 5.74) is 5.64. The molecule has 0 saturated carbocycles. The van der Waals surface area contributed by atoms with Gasteiger partial charge in [-0.2, -0.15) is 0 Å². The molecule has 3 N–H and O–H groups in total. The van der Waals surface area contributed by atoms with Gasteiger partial charge >= 0.3 is 0 Å². The summed E-state index contributed by atoms with van der Waals surface area (Å²) in [6, 6.07) is 11.4. The van der Waals surface area contributed by atoms with Gasteiger partial charge in [-0.1, -0.05) is 6.07 Å². The molecule has 0 saturated heterocycles. The first-order chi connectivity index (χ1) is 18.5. The monoisotopic (exact) mass is 529 g/mol. The molecule has 0 unspecified atom stereocenters. The number of likely N-dealkylation sites (N-methyl/N-ethyl adjacent to an activating group) is 1. The molecule has 0 aliphatic carbocycles. The van der Waals surface area contributed by atoms with Crippen LogP contribution in [0.3, 0.4) is 0 Å². The highest BCUT2D eigenvalue weighted by Gasteiger charge is 2.17. The maximum atomic E-state index is 12.8. The van der Waals surface area contributed by atoms with Crippen molar-refractivity contribution in [2.75, 3.05) is 32.5 Å². The Morgan fingerprint density at radius 3 is 2.36 bits per heavy atom. The van der Waals surface area contributed by atoms with Crippen LogP contribution in [0.2, 0.25) is 0 Å². The second kappa shape index (κ2) is 11.2. The van der Waals surface area contributed by atoms with Gasteiger partial charge in [0.05, 0.1) is 6.54 Å². The van der Waals surface area contributed by atoms with E-state index in [-0.39, 0.29) is 17.4 Å². The van der Waals surface area contributed by atoms with Gasteiger partial charge in [-0.25, -0.2) is 0 Å². The number of fused-ring (bicyclic) bond motifs is 1. The molecule has 2 heterocycles. The number of carbonyl (C=O) groups excluding carboxylic acids is 2. The average Bonchev–Trinajstić information content (AvgIpc) is 3.29. The minimum absolute atomic E-state index is 0.0838. The third kappa shape index (κ3) is 6.04. The number of nitrogens with one attached hydrogen (secondary N) is 3. The van der Waals surface area contributed by atoms with E-state index in [1.54, 1.807) is 19.3 Å². The number of benzene rings is 2. The SMILES string of the molecule is CCNC(=O)c1cc2c(-c3cc(C)cc(Oc4c(C)cc(NC(=O)CN(C)C)cc4C)c3)cn(C)c(=O)c2[nH]1. The predicted octanol–water partition coefficient (Wildman–Crippen LogP) is 4.50. The molecule has 2 aromatic heterocycles. The van der Waals surface area contributed by atoms with Gasteiger partial charge in [-0.3, -0.25) is 14.4 Å². The van der Waals surface area contributed by atoms with Crippen LogP contribution in [0, 0.1) is 20.8 Å². The molecular formula is C30H35N5O4. The molecule has 2 amide bonds. The molecule has 0 bridgehead atoms. The van der Waals surface area contributed by atoms with Gasteiger partial charge in [0.15, 0.2) is 0 Å². The number of carbonyl (C=O) groups is 2. The van der Waals surface area contributed by atoms with Crippen LogP contribution < -0.4 is 20.9 Å². The van der Waals surface area contributed by atoms with Crippen molar-refractivity contribution >= 4 is 28.4 Å². The van der Waals surface area contributed by atoms with Crippen LogP contribution in [0.4, 0.5) is 5.69 Å². The second-order valence-electron chi connectivity index (χ2n) is 10.2. The smallest absolute Gasteiger partial charge is 0.274 e. The number of aromatic nitrogens is 2. The minimum Gasteiger partial charge on any atom is -0.457 e. The number of pyridine rings is 1. The number of aromatic amines is 1. The molecule has 4 rings (SSSR count). The Labute approximate surface area is 227 Å². The summed E-state index contributed by atoms with van der Waals surface area (Å²) >= 11 is 0. The van der Waals surface area contributed by atoms with E-state index in [1.165, 1.54) is 4.57 Å². The van der Waals surface area contributed by atoms with Crippen LogP contribution in [0.25, 0.3) is 22.0 Å². The molecule has 9 nitrogen and oxygen atoms in total. The van der Waals surface area contributed by atoms with Crippen molar-refractivity contribution in [3.8, 4) is 22.6 Å². The summed E-state index contributed by atoms with van der Waals surface area (Å²) in [4.78, 5) is 42.3. The molecule has 0 spiro atoms. The third-order valence-corrected chi connectivity index (χ3v) is 6.33.